The number of hydrogen-bond donors (Lipinski definition) is 2. The van der Waals surface area contributed by atoms with Crippen molar-refractivity contribution in [3.63, 3.8) is 0 Å². The number of nitrogens with zero attached hydrogens (tertiary/aromatic N) is 2. The second kappa shape index (κ2) is 9.29. The van der Waals surface area contributed by atoms with Crippen molar-refractivity contribution < 1.29 is 24.5 Å². The molecule has 3 rings (SSSR count). The summed E-state index contributed by atoms with van der Waals surface area (Å²) in [4.78, 5) is 23.7. The van der Waals surface area contributed by atoms with Gasteiger partial charge in [0.25, 0.3) is 0 Å². The van der Waals surface area contributed by atoms with Crippen molar-refractivity contribution in [2.75, 3.05) is 0 Å². The van der Waals surface area contributed by atoms with E-state index in [1.807, 2.05) is 0 Å². The standard InChI is InChI=1S/C23H18N2O5/c1-2-22(28)30-14-15-8-10-17(11-9-15)24-25-19-12-18(20(26)13-21(19)27)23(29)16-6-4-3-5-7-16/h2-13,26-27H,1,14H2. The van der Waals surface area contributed by atoms with Gasteiger partial charge in [0, 0.05) is 17.7 Å². The molecule has 0 radical (unpaired) electrons. The molecule has 150 valence electrons. The summed E-state index contributed by atoms with van der Waals surface area (Å²) in [6.07, 6.45) is 1.09. The van der Waals surface area contributed by atoms with Crippen molar-refractivity contribution in [2.45, 2.75) is 6.61 Å². The summed E-state index contributed by atoms with van der Waals surface area (Å²) in [5.41, 5.74) is 1.68. The number of carbonyl (C=O) groups is 2. The lowest BCUT2D eigenvalue weighted by molar-refractivity contribution is -0.138. The summed E-state index contributed by atoms with van der Waals surface area (Å²) in [6, 6.07) is 17.6. The maximum atomic E-state index is 12.6. The van der Waals surface area contributed by atoms with E-state index in [2.05, 4.69) is 16.8 Å². The molecule has 0 saturated heterocycles. The van der Waals surface area contributed by atoms with Crippen LogP contribution in [0.25, 0.3) is 0 Å². The minimum atomic E-state index is -0.512. The third-order valence-electron chi connectivity index (χ3n) is 4.13. The minimum absolute atomic E-state index is 0.00679. The van der Waals surface area contributed by atoms with Gasteiger partial charge in [-0.1, -0.05) is 49.0 Å². The molecule has 0 unspecified atom stereocenters. The van der Waals surface area contributed by atoms with Crippen LogP contribution in [0.4, 0.5) is 11.4 Å². The number of ketones is 1. The quantitative estimate of drug-likeness (QED) is 0.251. The molecule has 0 atom stereocenters. The van der Waals surface area contributed by atoms with Crippen molar-refractivity contribution in [2.24, 2.45) is 10.2 Å². The average molecular weight is 402 g/mol. The van der Waals surface area contributed by atoms with Gasteiger partial charge < -0.3 is 14.9 Å². The molecule has 3 aromatic carbocycles. The van der Waals surface area contributed by atoms with Gasteiger partial charge in [-0.15, -0.1) is 5.11 Å². The number of azo groups is 1. The molecule has 0 aliphatic carbocycles. The van der Waals surface area contributed by atoms with E-state index in [1.54, 1.807) is 54.6 Å². The number of esters is 1. The lowest BCUT2D eigenvalue weighted by Crippen LogP contribution is -2.01. The maximum absolute atomic E-state index is 12.6. The fourth-order valence-electron chi connectivity index (χ4n) is 2.56. The van der Waals surface area contributed by atoms with Gasteiger partial charge >= 0.3 is 5.97 Å². The van der Waals surface area contributed by atoms with E-state index < -0.39 is 11.8 Å². The van der Waals surface area contributed by atoms with Crippen LogP contribution in [-0.2, 0) is 16.1 Å². The molecule has 7 nitrogen and oxygen atoms in total. The molecular weight excluding hydrogens is 384 g/mol. The van der Waals surface area contributed by atoms with Gasteiger partial charge in [0.05, 0.1) is 11.3 Å². The van der Waals surface area contributed by atoms with E-state index in [0.29, 0.717) is 11.3 Å². The molecule has 0 saturated carbocycles. The molecule has 0 heterocycles. The van der Waals surface area contributed by atoms with Crippen molar-refractivity contribution in [3.8, 4) is 11.5 Å². The summed E-state index contributed by atoms with van der Waals surface area (Å²) in [5, 5.41) is 28.2. The van der Waals surface area contributed by atoms with Crippen LogP contribution >= 0.6 is 0 Å². The van der Waals surface area contributed by atoms with Gasteiger partial charge in [-0.2, -0.15) is 5.11 Å². The molecule has 0 spiro atoms. The number of ether oxygens (including phenoxy) is 1. The number of aromatic hydroxyl groups is 2. The van der Waals surface area contributed by atoms with E-state index >= 15 is 0 Å². The Labute approximate surface area is 172 Å². The van der Waals surface area contributed by atoms with Crippen LogP contribution < -0.4 is 0 Å². The Bertz CT molecular complexity index is 1110. The number of hydrogen-bond acceptors (Lipinski definition) is 7. The number of phenols is 2. The zero-order chi connectivity index (χ0) is 21.5. The molecule has 7 heteroatoms. The monoisotopic (exact) mass is 402 g/mol. The highest BCUT2D eigenvalue weighted by molar-refractivity contribution is 6.11. The first-order valence-electron chi connectivity index (χ1n) is 8.93. The Hall–Kier alpha value is -4.26. The van der Waals surface area contributed by atoms with Crippen LogP contribution in [0.15, 0.2) is 89.6 Å². The van der Waals surface area contributed by atoms with Crippen LogP contribution in [-0.4, -0.2) is 22.0 Å². The largest absolute Gasteiger partial charge is 0.507 e. The summed E-state index contributed by atoms with van der Waals surface area (Å²) in [7, 11) is 0. The van der Waals surface area contributed by atoms with Crippen LogP contribution in [0.2, 0.25) is 0 Å². The van der Waals surface area contributed by atoms with E-state index in [0.717, 1.165) is 17.7 Å². The predicted molar refractivity (Wildman–Crippen MR) is 110 cm³/mol. The van der Waals surface area contributed by atoms with Crippen molar-refractivity contribution in [1.29, 1.82) is 0 Å². The van der Waals surface area contributed by atoms with Gasteiger partial charge in [-0.25, -0.2) is 4.79 Å². The van der Waals surface area contributed by atoms with Crippen molar-refractivity contribution in [1.82, 2.24) is 0 Å². The molecule has 0 aromatic heterocycles. The molecule has 3 aromatic rings. The predicted octanol–water partition coefficient (Wildman–Crippen LogP) is 4.97. The lowest BCUT2D eigenvalue weighted by Gasteiger charge is -2.07. The number of rotatable bonds is 7. The first-order chi connectivity index (χ1) is 14.5. The van der Waals surface area contributed by atoms with Gasteiger partial charge in [-0.3, -0.25) is 4.79 Å². The zero-order valence-corrected chi connectivity index (χ0v) is 15.9. The number of phenolic OH excluding ortho intramolecular Hbond substituents is 2. The smallest absolute Gasteiger partial charge is 0.330 e. The zero-order valence-electron chi connectivity index (χ0n) is 15.9. The molecule has 0 bridgehead atoms. The molecule has 30 heavy (non-hydrogen) atoms. The van der Waals surface area contributed by atoms with E-state index in [-0.39, 0.29) is 29.4 Å². The van der Waals surface area contributed by atoms with Gasteiger partial charge in [0.1, 0.15) is 23.8 Å². The van der Waals surface area contributed by atoms with Crippen LogP contribution in [0, 0.1) is 0 Å². The maximum Gasteiger partial charge on any atom is 0.330 e. The first kappa shape index (κ1) is 20.5. The highest BCUT2D eigenvalue weighted by Crippen LogP contribution is 2.35. The molecule has 0 aliphatic heterocycles. The topological polar surface area (TPSA) is 109 Å². The normalized spacial score (nSPS) is 10.7. The second-order valence-corrected chi connectivity index (χ2v) is 6.23. The van der Waals surface area contributed by atoms with E-state index in [4.69, 9.17) is 4.74 Å². The minimum Gasteiger partial charge on any atom is -0.507 e. The fraction of sp³-hybridized carbons (Fsp3) is 0.0435. The number of carbonyl (C=O) groups excluding carboxylic acids is 2. The highest BCUT2D eigenvalue weighted by Gasteiger charge is 2.16. The summed E-state index contributed by atoms with van der Waals surface area (Å²) >= 11 is 0. The van der Waals surface area contributed by atoms with Gasteiger partial charge in [0.2, 0.25) is 0 Å². The van der Waals surface area contributed by atoms with Gasteiger partial charge in [0.15, 0.2) is 5.78 Å². The molecule has 0 fully saturated rings. The Kier molecular flexibility index (Phi) is 6.34. The summed E-state index contributed by atoms with van der Waals surface area (Å²) in [5.74, 6) is -1.57. The number of benzene rings is 3. The Morgan fingerprint density at radius 3 is 2.30 bits per heavy atom. The molecule has 0 amide bonds. The highest BCUT2D eigenvalue weighted by atomic mass is 16.5. The van der Waals surface area contributed by atoms with E-state index in [1.165, 1.54) is 6.07 Å². The van der Waals surface area contributed by atoms with E-state index in [9.17, 15) is 19.8 Å². The fourth-order valence-corrected chi connectivity index (χ4v) is 2.56. The Morgan fingerprint density at radius 1 is 0.933 bits per heavy atom. The SMILES string of the molecule is C=CC(=O)OCc1ccc(N=Nc2cc(C(=O)c3ccccc3)c(O)cc2O)cc1. The third kappa shape index (κ3) is 4.96. The Balaban J connectivity index is 1.79. The van der Waals surface area contributed by atoms with Crippen molar-refractivity contribution >= 4 is 23.1 Å². The van der Waals surface area contributed by atoms with Crippen LogP contribution in [0.1, 0.15) is 21.5 Å². The summed E-state index contributed by atoms with van der Waals surface area (Å²) < 4.78 is 4.95. The molecule has 0 aliphatic rings. The third-order valence-corrected chi connectivity index (χ3v) is 4.13. The van der Waals surface area contributed by atoms with Crippen LogP contribution in [0.5, 0.6) is 11.5 Å². The lowest BCUT2D eigenvalue weighted by atomic mass is 10.0. The van der Waals surface area contributed by atoms with Crippen molar-refractivity contribution in [3.05, 3.63) is 96.1 Å². The summed E-state index contributed by atoms with van der Waals surface area (Å²) in [6.45, 7) is 3.43. The first-order valence-corrected chi connectivity index (χ1v) is 8.93. The average Bonchev–Trinajstić information content (AvgIpc) is 2.77. The molecule has 2 N–H and O–H groups in total. The Morgan fingerprint density at radius 2 is 1.63 bits per heavy atom. The second-order valence-electron chi connectivity index (χ2n) is 6.23. The van der Waals surface area contributed by atoms with Crippen LogP contribution in [0.3, 0.4) is 0 Å². The van der Waals surface area contributed by atoms with Gasteiger partial charge in [-0.05, 0) is 23.8 Å². The molecular formula is C23H18N2O5.